The van der Waals surface area contributed by atoms with E-state index in [2.05, 4.69) is 4.72 Å². The molecule has 174 valence electrons. The van der Waals surface area contributed by atoms with E-state index in [1.807, 2.05) is 36.4 Å². The number of rotatable bonds is 8. The SMILES string of the molecule is COc1ccc(CC(NS(=O)(=O)c2cc3c(cc2Cl)OCCO3)c2ccc(OC)cc2)cc1. The second kappa shape index (κ2) is 9.91. The normalized spacial score (nSPS) is 13.9. The molecule has 1 aliphatic rings. The Bertz CT molecular complexity index is 1210. The molecule has 0 radical (unpaired) electrons. The van der Waals surface area contributed by atoms with Crippen LogP contribution in [-0.2, 0) is 16.4 Å². The lowest BCUT2D eigenvalue weighted by molar-refractivity contribution is 0.171. The van der Waals surface area contributed by atoms with Crippen molar-refractivity contribution in [2.24, 2.45) is 0 Å². The van der Waals surface area contributed by atoms with Crippen molar-refractivity contribution >= 4 is 21.6 Å². The molecule has 33 heavy (non-hydrogen) atoms. The van der Waals surface area contributed by atoms with Crippen LogP contribution >= 0.6 is 11.6 Å². The summed E-state index contributed by atoms with van der Waals surface area (Å²) in [4.78, 5) is -0.0679. The third-order valence-electron chi connectivity index (χ3n) is 5.30. The zero-order valence-corrected chi connectivity index (χ0v) is 19.8. The third kappa shape index (κ3) is 5.35. The van der Waals surface area contributed by atoms with Gasteiger partial charge < -0.3 is 18.9 Å². The van der Waals surface area contributed by atoms with Crippen molar-refractivity contribution in [3.63, 3.8) is 0 Å². The molecule has 0 saturated heterocycles. The van der Waals surface area contributed by atoms with Gasteiger partial charge >= 0.3 is 0 Å². The van der Waals surface area contributed by atoms with Crippen LogP contribution in [0.3, 0.4) is 0 Å². The fraction of sp³-hybridized carbons (Fsp3) is 0.250. The van der Waals surface area contributed by atoms with Gasteiger partial charge in [-0.15, -0.1) is 0 Å². The maximum atomic E-state index is 13.4. The highest BCUT2D eigenvalue weighted by atomic mass is 35.5. The maximum absolute atomic E-state index is 13.4. The highest BCUT2D eigenvalue weighted by molar-refractivity contribution is 7.89. The molecule has 1 heterocycles. The summed E-state index contributed by atoms with van der Waals surface area (Å²) < 4.78 is 51.1. The number of methoxy groups -OCH3 is 2. The molecule has 1 aliphatic heterocycles. The summed E-state index contributed by atoms with van der Waals surface area (Å²) in [5, 5.41) is 0.0599. The Morgan fingerprint density at radius 3 is 2.03 bits per heavy atom. The lowest BCUT2D eigenvalue weighted by Gasteiger charge is -2.22. The van der Waals surface area contributed by atoms with Gasteiger partial charge in [-0.2, -0.15) is 0 Å². The van der Waals surface area contributed by atoms with Gasteiger partial charge in [-0.1, -0.05) is 35.9 Å². The first-order valence-corrected chi connectivity index (χ1v) is 12.1. The van der Waals surface area contributed by atoms with Crippen LogP contribution in [0.4, 0.5) is 0 Å². The first kappa shape index (κ1) is 23.2. The zero-order chi connectivity index (χ0) is 23.4. The van der Waals surface area contributed by atoms with Gasteiger partial charge in [0.2, 0.25) is 10.0 Å². The maximum Gasteiger partial charge on any atom is 0.242 e. The van der Waals surface area contributed by atoms with Gasteiger partial charge in [-0.25, -0.2) is 13.1 Å². The number of benzene rings is 3. The van der Waals surface area contributed by atoms with Crippen molar-refractivity contribution in [2.45, 2.75) is 17.4 Å². The van der Waals surface area contributed by atoms with Gasteiger partial charge in [0.1, 0.15) is 29.6 Å². The number of halogens is 1. The highest BCUT2D eigenvalue weighted by Gasteiger charge is 2.27. The fourth-order valence-electron chi connectivity index (χ4n) is 3.56. The predicted molar refractivity (Wildman–Crippen MR) is 125 cm³/mol. The number of hydrogen-bond donors (Lipinski definition) is 1. The minimum absolute atomic E-state index is 0.0599. The van der Waals surface area contributed by atoms with Crippen LogP contribution in [0.2, 0.25) is 5.02 Å². The molecule has 9 heteroatoms. The van der Waals surface area contributed by atoms with Gasteiger partial charge in [0, 0.05) is 12.1 Å². The second-order valence-electron chi connectivity index (χ2n) is 7.43. The van der Waals surface area contributed by atoms with Crippen LogP contribution in [0.1, 0.15) is 17.2 Å². The number of nitrogens with one attached hydrogen (secondary N) is 1. The summed E-state index contributed by atoms with van der Waals surface area (Å²) in [6, 6.07) is 17.1. The molecule has 3 aromatic rings. The van der Waals surface area contributed by atoms with Gasteiger partial charge in [0.05, 0.1) is 25.3 Å². The molecule has 7 nitrogen and oxygen atoms in total. The van der Waals surface area contributed by atoms with Crippen LogP contribution in [0.25, 0.3) is 0 Å². The van der Waals surface area contributed by atoms with Gasteiger partial charge in [-0.3, -0.25) is 0 Å². The monoisotopic (exact) mass is 489 g/mol. The molecule has 4 rings (SSSR count). The molecule has 0 aliphatic carbocycles. The smallest absolute Gasteiger partial charge is 0.242 e. The highest BCUT2D eigenvalue weighted by Crippen LogP contribution is 2.38. The number of fused-ring (bicyclic) bond motifs is 1. The van der Waals surface area contributed by atoms with Crippen LogP contribution in [-0.4, -0.2) is 35.9 Å². The van der Waals surface area contributed by atoms with Crippen LogP contribution < -0.4 is 23.7 Å². The van der Waals surface area contributed by atoms with Crippen molar-refractivity contribution in [3.05, 3.63) is 76.8 Å². The summed E-state index contributed by atoms with van der Waals surface area (Å²) in [7, 11) is -0.816. The van der Waals surface area contributed by atoms with Crippen molar-refractivity contribution in [1.29, 1.82) is 0 Å². The summed E-state index contributed by atoms with van der Waals surface area (Å²) in [5.74, 6) is 2.18. The topological polar surface area (TPSA) is 83.1 Å². The Balaban J connectivity index is 1.67. The molecular formula is C24H24ClNO6S. The average Bonchev–Trinajstić information content (AvgIpc) is 2.83. The average molecular weight is 490 g/mol. The Kier molecular flexibility index (Phi) is 6.97. The number of ether oxygens (including phenoxy) is 4. The molecular weight excluding hydrogens is 466 g/mol. The minimum Gasteiger partial charge on any atom is -0.497 e. The van der Waals surface area contributed by atoms with E-state index in [0.29, 0.717) is 36.9 Å². The molecule has 0 spiro atoms. The van der Waals surface area contributed by atoms with E-state index in [4.69, 9.17) is 30.5 Å². The Morgan fingerprint density at radius 2 is 1.45 bits per heavy atom. The fourth-order valence-corrected chi connectivity index (χ4v) is 5.32. The van der Waals surface area contributed by atoms with E-state index in [9.17, 15) is 8.42 Å². The Hall–Kier alpha value is -2.94. The van der Waals surface area contributed by atoms with E-state index in [0.717, 1.165) is 16.9 Å². The van der Waals surface area contributed by atoms with Crippen molar-refractivity contribution in [3.8, 4) is 23.0 Å². The van der Waals surface area contributed by atoms with E-state index < -0.39 is 16.1 Å². The molecule has 1 N–H and O–H groups in total. The Labute approximate surface area is 198 Å². The summed E-state index contributed by atoms with van der Waals surface area (Å²) >= 11 is 6.32. The van der Waals surface area contributed by atoms with E-state index in [-0.39, 0.29) is 9.92 Å². The largest absolute Gasteiger partial charge is 0.497 e. The van der Waals surface area contributed by atoms with Crippen LogP contribution in [0, 0.1) is 0 Å². The van der Waals surface area contributed by atoms with Gasteiger partial charge in [0.25, 0.3) is 0 Å². The molecule has 1 atom stereocenters. The molecule has 0 fully saturated rings. The van der Waals surface area contributed by atoms with E-state index >= 15 is 0 Å². The standard InChI is InChI=1S/C24H24ClNO6S/c1-29-18-7-3-16(4-8-18)13-21(17-5-9-19(30-2)10-6-17)26-33(27,28)24-15-23-22(14-20(24)25)31-11-12-32-23/h3-10,14-15,21,26H,11-13H2,1-2H3. The Morgan fingerprint density at radius 1 is 0.909 bits per heavy atom. The third-order valence-corrected chi connectivity index (χ3v) is 7.24. The number of hydrogen-bond acceptors (Lipinski definition) is 6. The van der Waals surface area contributed by atoms with Gasteiger partial charge in [-0.05, 0) is 41.8 Å². The summed E-state index contributed by atoms with van der Waals surface area (Å²) in [6.07, 6.45) is 0.414. The minimum atomic E-state index is -3.99. The van der Waals surface area contributed by atoms with Gasteiger partial charge in [0.15, 0.2) is 11.5 Å². The van der Waals surface area contributed by atoms with E-state index in [1.54, 1.807) is 26.4 Å². The number of sulfonamides is 1. The molecule has 0 saturated carbocycles. The quantitative estimate of drug-likeness (QED) is 0.505. The van der Waals surface area contributed by atoms with Crippen molar-refractivity contribution in [1.82, 2.24) is 4.72 Å². The first-order valence-electron chi connectivity index (χ1n) is 10.3. The molecule has 1 unspecified atom stereocenters. The lowest BCUT2D eigenvalue weighted by atomic mass is 9.99. The lowest BCUT2D eigenvalue weighted by Crippen LogP contribution is -2.30. The van der Waals surface area contributed by atoms with Crippen LogP contribution in [0.5, 0.6) is 23.0 Å². The first-order chi connectivity index (χ1) is 15.9. The van der Waals surface area contributed by atoms with Crippen molar-refractivity contribution in [2.75, 3.05) is 27.4 Å². The molecule has 0 bridgehead atoms. The van der Waals surface area contributed by atoms with E-state index in [1.165, 1.54) is 12.1 Å². The predicted octanol–water partition coefficient (Wildman–Crippen LogP) is 4.39. The van der Waals surface area contributed by atoms with Crippen LogP contribution in [0.15, 0.2) is 65.6 Å². The zero-order valence-electron chi connectivity index (χ0n) is 18.2. The second-order valence-corrected chi connectivity index (χ2v) is 9.52. The summed E-state index contributed by atoms with van der Waals surface area (Å²) in [6.45, 7) is 0.725. The molecule has 0 amide bonds. The molecule has 3 aromatic carbocycles. The molecule has 0 aromatic heterocycles. The summed E-state index contributed by atoms with van der Waals surface area (Å²) in [5.41, 5.74) is 1.72. The van der Waals surface area contributed by atoms with Crippen molar-refractivity contribution < 1.29 is 27.4 Å².